The van der Waals surface area contributed by atoms with Crippen LogP contribution >= 0.6 is 11.8 Å². The molecule has 0 saturated carbocycles. The number of hydrogen-bond donors (Lipinski definition) is 2. The van der Waals surface area contributed by atoms with Gasteiger partial charge in [0, 0.05) is 36.4 Å². The molecule has 28 heavy (non-hydrogen) atoms. The number of hydrogen-bond acceptors (Lipinski definition) is 6. The number of alkyl halides is 2. The topological polar surface area (TPSA) is 84.7 Å². The number of carbonyl (C=O) groups is 1. The number of thioether (sulfide) groups is 1. The second-order valence-electron chi connectivity index (χ2n) is 5.66. The lowest BCUT2D eigenvalue weighted by Gasteiger charge is -2.11. The van der Waals surface area contributed by atoms with Crippen molar-refractivity contribution in [3.05, 3.63) is 60.4 Å². The van der Waals surface area contributed by atoms with Crippen LogP contribution in [0.25, 0.3) is 5.82 Å². The first-order valence-corrected chi connectivity index (χ1v) is 9.31. The van der Waals surface area contributed by atoms with E-state index in [9.17, 15) is 13.6 Å². The SMILES string of the molecule is Cc1nccn1-c1cc(NCCNC(=O)c2ccccc2SC(F)F)ncn1. The van der Waals surface area contributed by atoms with Crippen molar-refractivity contribution in [1.82, 2.24) is 24.8 Å². The maximum Gasteiger partial charge on any atom is 0.288 e. The first kappa shape index (κ1) is 19.7. The van der Waals surface area contributed by atoms with Crippen molar-refractivity contribution in [3.8, 4) is 5.82 Å². The molecular weight excluding hydrogens is 386 g/mol. The van der Waals surface area contributed by atoms with Crippen LogP contribution in [0.15, 0.2) is 53.9 Å². The maximum absolute atomic E-state index is 12.6. The summed E-state index contributed by atoms with van der Waals surface area (Å²) in [5, 5.41) is 5.81. The Bertz CT molecular complexity index is 949. The number of amides is 1. The quantitative estimate of drug-likeness (QED) is 0.443. The van der Waals surface area contributed by atoms with Crippen LogP contribution in [0.4, 0.5) is 14.6 Å². The first-order chi connectivity index (χ1) is 13.5. The Hall–Kier alpha value is -3.01. The third-order valence-corrected chi connectivity index (χ3v) is 4.58. The number of nitrogens with one attached hydrogen (secondary N) is 2. The normalized spacial score (nSPS) is 10.9. The van der Waals surface area contributed by atoms with E-state index in [1.54, 1.807) is 30.6 Å². The summed E-state index contributed by atoms with van der Waals surface area (Å²) >= 11 is 0.357. The Balaban J connectivity index is 1.54. The summed E-state index contributed by atoms with van der Waals surface area (Å²) < 4.78 is 27.1. The molecule has 1 aromatic carbocycles. The monoisotopic (exact) mass is 404 g/mol. The molecule has 0 aliphatic heterocycles. The van der Waals surface area contributed by atoms with Crippen molar-refractivity contribution in [2.75, 3.05) is 18.4 Å². The van der Waals surface area contributed by atoms with E-state index < -0.39 is 11.7 Å². The molecule has 3 aromatic rings. The molecule has 10 heteroatoms. The summed E-state index contributed by atoms with van der Waals surface area (Å²) in [6, 6.07) is 8.06. The van der Waals surface area contributed by atoms with Gasteiger partial charge in [-0.2, -0.15) is 8.78 Å². The Labute approximate surface area is 164 Å². The average molecular weight is 404 g/mol. The van der Waals surface area contributed by atoms with Gasteiger partial charge in [-0.3, -0.25) is 9.36 Å². The van der Waals surface area contributed by atoms with Crippen LogP contribution < -0.4 is 10.6 Å². The molecule has 0 unspecified atom stereocenters. The minimum absolute atomic E-state index is 0.229. The lowest BCUT2D eigenvalue weighted by molar-refractivity contribution is 0.0952. The van der Waals surface area contributed by atoms with Crippen LogP contribution in [0.2, 0.25) is 0 Å². The summed E-state index contributed by atoms with van der Waals surface area (Å²) in [6.45, 7) is 2.58. The van der Waals surface area contributed by atoms with Crippen LogP contribution in [-0.2, 0) is 0 Å². The zero-order valence-electron chi connectivity index (χ0n) is 15.0. The number of halogens is 2. The van der Waals surface area contributed by atoms with Crippen molar-refractivity contribution in [3.63, 3.8) is 0 Å². The molecule has 0 atom stereocenters. The van der Waals surface area contributed by atoms with Crippen molar-refractivity contribution < 1.29 is 13.6 Å². The summed E-state index contributed by atoms with van der Waals surface area (Å²) in [6.07, 6.45) is 4.92. The van der Waals surface area contributed by atoms with Crippen LogP contribution in [0, 0.1) is 6.92 Å². The summed E-state index contributed by atoms with van der Waals surface area (Å²) in [7, 11) is 0. The first-order valence-electron chi connectivity index (χ1n) is 8.43. The van der Waals surface area contributed by atoms with E-state index >= 15 is 0 Å². The molecule has 7 nitrogen and oxygen atoms in total. The summed E-state index contributed by atoms with van der Waals surface area (Å²) in [4.78, 5) is 25.0. The van der Waals surface area contributed by atoms with E-state index in [-0.39, 0.29) is 10.5 Å². The predicted molar refractivity (Wildman–Crippen MR) is 103 cm³/mol. The van der Waals surface area contributed by atoms with Gasteiger partial charge >= 0.3 is 0 Å². The lowest BCUT2D eigenvalue weighted by atomic mass is 10.2. The van der Waals surface area contributed by atoms with E-state index in [2.05, 4.69) is 25.6 Å². The van der Waals surface area contributed by atoms with Crippen molar-refractivity contribution in [1.29, 1.82) is 0 Å². The van der Waals surface area contributed by atoms with Gasteiger partial charge in [-0.25, -0.2) is 15.0 Å². The second-order valence-corrected chi connectivity index (χ2v) is 6.70. The fourth-order valence-electron chi connectivity index (χ4n) is 2.51. The molecule has 0 fully saturated rings. The highest BCUT2D eigenvalue weighted by molar-refractivity contribution is 7.99. The lowest BCUT2D eigenvalue weighted by Crippen LogP contribution is -2.29. The van der Waals surface area contributed by atoms with E-state index in [1.165, 1.54) is 18.5 Å². The third-order valence-electron chi connectivity index (χ3n) is 3.79. The number of aryl methyl sites for hydroxylation is 1. The van der Waals surface area contributed by atoms with Gasteiger partial charge in [-0.05, 0) is 19.1 Å². The Morgan fingerprint density at radius 1 is 1.21 bits per heavy atom. The molecule has 0 spiro atoms. The van der Waals surface area contributed by atoms with E-state index in [0.29, 0.717) is 36.5 Å². The van der Waals surface area contributed by atoms with Gasteiger partial charge in [-0.15, -0.1) is 0 Å². The Kier molecular flexibility index (Phi) is 6.53. The largest absolute Gasteiger partial charge is 0.368 e. The summed E-state index contributed by atoms with van der Waals surface area (Å²) in [5.74, 6) is -0.905. The van der Waals surface area contributed by atoms with Gasteiger partial charge in [0.2, 0.25) is 0 Å². The van der Waals surface area contributed by atoms with Gasteiger partial charge in [0.05, 0.1) is 5.56 Å². The molecule has 2 N–H and O–H groups in total. The standard InChI is InChI=1S/C18H18F2N6OS/c1-12-21-8-9-26(12)16-10-15(24-11-25-16)22-6-7-23-17(27)13-4-2-3-5-14(13)28-18(19)20/h2-5,8-11,18H,6-7H2,1H3,(H,23,27)(H,22,24,25). The van der Waals surface area contributed by atoms with Gasteiger partial charge in [0.1, 0.15) is 23.8 Å². The molecule has 1 amide bonds. The van der Waals surface area contributed by atoms with Crippen molar-refractivity contribution in [2.24, 2.45) is 0 Å². The zero-order chi connectivity index (χ0) is 19.9. The predicted octanol–water partition coefficient (Wildman–Crippen LogP) is 3.13. The number of imidazole rings is 1. The van der Waals surface area contributed by atoms with Crippen LogP contribution in [0.5, 0.6) is 0 Å². The smallest absolute Gasteiger partial charge is 0.288 e. The van der Waals surface area contributed by atoms with Crippen LogP contribution in [0.1, 0.15) is 16.2 Å². The third kappa shape index (κ3) is 5.03. The molecule has 3 rings (SSSR count). The van der Waals surface area contributed by atoms with E-state index in [0.717, 1.165) is 5.82 Å². The number of nitrogens with zero attached hydrogens (tertiary/aromatic N) is 4. The minimum Gasteiger partial charge on any atom is -0.368 e. The number of rotatable bonds is 8. The maximum atomic E-state index is 12.6. The highest BCUT2D eigenvalue weighted by atomic mass is 32.2. The number of aromatic nitrogens is 4. The molecule has 2 aromatic heterocycles. The Morgan fingerprint density at radius 2 is 2.04 bits per heavy atom. The molecule has 2 heterocycles. The minimum atomic E-state index is -2.58. The molecule has 146 valence electrons. The van der Waals surface area contributed by atoms with Crippen molar-refractivity contribution in [2.45, 2.75) is 17.6 Å². The molecule has 0 bridgehead atoms. The van der Waals surface area contributed by atoms with Gasteiger partial charge in [-0.1, -0.05) is 23.9 Å². The molecule has 0 saturated heterocycles. The van der Waals surface area contributed by atoms with Crippen LogP contribution in [-0.4, -0.2) is 44.3 Å². The van der Waals surface area contributed by atoms with Crippen molar-refractivity contribution >= 4 is 23.5 Å². The molecule has 0 radical (unpaired) electrons. The number of anilines is 1. The van der Waals surface area contributed by atoms with E-state index in [1.807, 2.05) is 11.5 Å². The van der Waals surface area contributed by atoms with Crippen LogP contribution in [0.3, 0.4) is 0 Å². The number of carbonyl (C=O) groups excluding carboxylic acids is 1. The second kappa shape index (κ2) is 9.27. The molecule has 0 aliphatic rings. The molecule has 0 aliphatic carbocycles. The van der Waals surface area contributed by atoms with Gasteiger partial charge in [0.15, 0.2) is 0 Å². The average Bonchev–Trinajstić information content (AvgIpc) is 3.11. The number of benzene rings is 1. The Morgan fingerprint density at radius 3 is 2.79 bits per heavy atom. The fraction of sp³-hybridized carbons (Fsp3) is 0.222. The molecular formula is C18H18F2N6OS. The van der Waals surface area contributed by atoms with Gasteiger partial charge in [0.25, 0.3) is 11.7 Å². The summed E-state index contributed by atoms with van der Waals surface area (Å²) in [5.41, 5.74) is 0.229. The fourth-order valence-corrected chi connectivity index (χ4v) is 3.15. The highest BCUT2D eigenvalue weighted by Gasteiger charge is 2.14. The zero-order valence-corrected chi connectivity index (χ0v) is 15.8. The van der Waals surface area contributed by atoms with Gasteiger partial charge < -0.3 is 10.6 Å². The van der Waals surface area contributed by atoms with E-state index in [4.69, 9.17) is 0 Å². The highest BCUT2D eigenvalue weighted by Crippen LogP contribution is 2.28.